The highest BCUT2D eigenvalue weighted by Gasteiger charge is 2.57. The van der Waals surface area contributed by atoms with Crippen LogP contribution in [0.2, 0.25) is 0 Å². The summed E-state index contributed by atoms with van der Waals surface area (Å²) in [6.45, 7) is 6.06. The molecule has 2 aliphatic rings. The van der Waals surface area contributed by atoms with Gasteiger partial charge in [0.05, 0.1) is 0 Å². The average Bonchev–Trinajstić information content (AvgIpc) is 2.54. The molecule has 0 aromatic heterocycles. The third-order valence-corrected chi connectivity index (χ3v) is 4.01. The number of likely N-dealkylation sites (tertiary alicyclic amines) is 1. The van der Waals surface area contributed by atoms with Crippen molar-refractivity contribution in [1.29, 1.82) is 0 Å². The third-order valence-electron chi connectivity index (χ3n) is 4.01. The Balaban J connectivity index is 1.92. The number of hydrogen-bond donors (Lipinski definition) is 0. The number of nitrogens with zero attached hydrogens (tertiary/aromatic N) is 1. The first-order valence-electron chi connectivity index (χ1n) is 5.38. The van der Waals surface area contributed by atoms with Crippen molar-refractivity contribution < 1.29 is 0 Å². The maximum absolute atomic E-state index is 2.54. The van der Waals surface area contributed by atoms with E-state index in [1.807, 2.05) is 0 Å². The van der Waals surface area contributed by atoms with Crippen LogP contribution in [0.4, 0.5) is 0 Å². The minimum absolute atomic E-state index is 0.782. The molecule has 1 aliphatic heterocycles. The average molecular weight is 167 g/mol. The SMILES string of the molecule is CCCC1C[C@@]12CC(C)N(C)C2. The van der Waals surface area contributed by atoms with Crippen molar-refractivity contribution in [3.63, 3.8) is 0 Å². The molecule has 0 radical (unpaired) electrons. The highest BCUT2D eigenvalue weighted by molar-refractivity contribution is 5.08. The molecule has 1 nitrogen and oxygen atoms in total. The van der Waals surface area contributed by atoms with E-state index < -0.39 is 0 Å². The van der Waals surface area contributed by atoms with Gasteiger partial charge in [0.1, 0.15) is 0 Å². The van der Waals surface area contributed by atoms with Crippen molar-refractivity contribution in [3.05, 3.63) is 0 Å². The Hall–Kier alpha value is -0.0400. The Kier molecular flexibility index (Phi) is 1.95. The fourth-order valence-electron chi connectivity index (χ4n) is 3.09. The lowest BCUT2D eigenvalue weighted by Gasteiger charge is -2.12. The summed E-state index contributed by atoms with van der Waals surface area (Å²) < 4.78 is 0. The van der Waals surface area contributed by atoms with E-state index in [0.29, 0.717) is 0 Å². The third kappa shape index (κ3) is 1.19. The van der Waals surface area contributed by atoms with Crippen molar-refractivity contribution >= 4 is 0 Å². The smallest absolute Gasteiger partial charge is 0.00699 e. The summed E-state index contributed by atoms with van der Waals surface area (Å²) in [5, 5.41) is 0. The van der Waals surface area contributed by atoms with Gasteiger partial charge in [-0.2, -0.15) is 0 Å². The minimum atomic E-state index is 0.782. The van der Waals surface area contributed by atoms with E-state index in [9.17, 15) is 0 Å². The van der Waals surface area contributed by atoms with Gasteiger partial charge in [0.15, 0.2) is 0 Å². The molecule has 1 saturated carbocycles. The van der Waals surface area contributed by atoms with E-state index in [2.05, 4.69) is 25.8 Å². The van der Waals surface area contributed by atoms with E-state index in [1.165, 1.54) is 32.2 Å². The second-order valence-electron chi connectivity index (χ2n) is 5.02. The lowest BCUT2D eigenvalue weighted by Crippen LogP contribution is -2.21. The summed E-state index contributed by atoms with van der Waals surface area (Å²) in [6, 6.07) is 0.840. The Morgan fingerprint density at radius 2 is 2.17 bits per heavy atom. The van der Waals surface area contributed by atoms with Gasteiger partial charge in [-0.3, -0.25) is 0 Å². The molecule has 2 rings (SSSR count). The first kappa shape index (κ1) is 8.55. The van der Waals surface area contributed by atoms with Crippen LogP contribution in [0.3, 0.4) is 0 Å². The zero-order valence-corrected chi connectivity index (χ0v) is 8.64. The molecule has 2 fully saturated rings. The summed E-state index contributed by atoms with van der Waals surface area (Å²) >= 11 is 0. The molecule has 0 N–H and O–H groups in total. The molecule has 1 heteroatoms. The fourth-order valence-corrected chi connectivity index (χ4v) is 3.09. The molecule has 2 unspecified atom stereocenters. The maximum Gasteiger partial charge on any atom is 0.00699 e. The molecule has 1 aliphatic carbocycles. The van der Waals surface area contributed by atoms with Crippen LogP contribution in [-0.2, 0) is 0 Å². The Morgan fingerprint density at radius 1 is 1.42 bits per heavy atom. The van der Waals surface area contributed by atoms with Crippen molar-refractivity contribution in [2.75, 3.05) is 13.6 Å². The Bertz CT molecular complexity index is 166. The van der Waals surface area contributed by atoms with Crippen molar-refractivity contribution in [1.82, 2.24) is 4.90 Å². The normalized spacial score (nSPS) is 47.2. The van der Waals surface area contributed by atoms with E-state index in [1.54, 1.807) is 0 Å². The molecular weight excluding hydrogens is 146 g/mol. The first-order chi connectivity index (χ1) is 5.68. The van der Waals surface area contributed by atoms with Crippen molar-refractivity contribution in [2.24, 2.45) is 11.3 Å². The van der Waals surface area contributed by atoms with E-state index >= 15 is 0 Å². The molecule has 70 valence electrons. The highest BCUT2D eigenvalue weighted by atomic mass is 15.2. The summed E-state index contributed by atoms with van der Waals surface area (Å²) in [6.07, 6.45) is 5.84. The first-order valence-corrected chi connectivity index (χ1v) is 5.38. The molecule has 1 saturated heterocycles. The fraction of sp³-hybridized carbons (Fsp3) is 1.00. The zero-order chi connectivity index (χ0) is 8.77. The molecule has 12 heavy (non-hydrogen) atoms. The molecule has 1 spiro atoms. The lowest BCUT2D eigenvalue weighted by atomic mass is 9.98. The van der Waals surface area contributed by atoms with E-state index in [4.69, 9.17) is 0 Å². The Morgan fingerprint density at radius 3 is 2.67 bits per heavy atom. The Labute approximate surface area is 76.1 Å². The molecule has 3 atom stereocenters. The van der Waals surface area contributed by atoms with Gasteiger partial charge < -0.3 is 4.90 Å². The second kappa shape index (κ2) is 2.73. The molecule has 1 heterocycles. The molecule has 0 bridgehead atoms. The van der Waals surface area contributed by atoms with Gasteiger partial charge in [0.25, 0.3) is 0 Å². The van der Waals surface area contributed by atoms with Crippen LogP contribution in [0.15, 0.2) is 0 Å². The van der Waals surface area contributed by atoms with Crippen LogP contribution in [0.5, 0.6) is 0 Å². The number of rotatable bonds is 2. The molecule has 0 amide bonds. The summed E-state index contributed by atoms with van der Waals surface area (Å²) in [4.78, 5) is 2.54. The molecule has 0 aromatic rings. The quantitative estimate of drug-likeness (QED) is 0.611. The summed E-state index contributed by atoms with van der Waals surface area (Å²) in [7, 11) is 2.28. The largest absolute Gasteiger partial charge is 0.303 e. The second-order valence-corrected chi connectivity index (χ2v) is 5.02. The predicted octanol–water partition coefficient (Wildman–Crippen LogP) is 2.52. The van der Waals surface area contributed by atoms with Crippen LogP contribution >= 0.6 is 0 Å². The van der Waals surface area contributed by atoms with Crippen LogP contribution in [0.25, 0.3) is 0 Å². The minimum Gasteiger partial charge on any atom is -0.303 e. The topological polar surface area (TPSA) is 3.24 Å². The number of hydrogen-bond acceptors (Lipinski definition) is 1. The lowest BCUT2D eigenvalue weighted by molar-refractivity contribution is 0.320. The summed E-state index contributed by atoms with van der Waals surface area (Å²) in [5.41, 5.74) is 0.782. The van der Waals surface area contributed by atoms with Gasteiger partial charge in [-0.05, 0) is 38.1 Å². The standard InChI is InChI=1S/C11H21N/c1-4-5-10-7-11(10)6-9(2)12(3)8-11/h9-10H,4-8H2,1-3H3/t9?,10?,11-/m1/s1. The van der Waals surface area contributed by atoms with Gasteiger partial charge in [0.2, 0.25) is 0 Å². The zero-order valence-electron chi connectivity index (χ0n) is 8.64. The van der Waals surface area contributed by atoms with Crippen LogP contribution in [0, 0.1) is 11.3 Å². The van der Waals surface area contributed by atoms with Crippen LogP contribution < -0.4 is 0 Å². The van der Waals surface area contributed by atoms with Crippen LogP contribution in [-0.4, -0.2) is 24.5 Å². The monoisotopic (exact) mass is 167 g/mol. The predicted molar refractivity (Wildman–Crippen MR) is 52.2 cm³/mol. The van der Waals surface area contributed by atoms with Gasteiger partial charge in [-0.25, -0.2) is 0 Å². The van der Waals surface area contributed by atoms with Crippen LogP contribution in [0.1, 0.15) is 39.5 Å². The van der Waals surface area contributed by atoms with E-state index in [0.717, 1.165) is 17.4 Å². The van der Waals surface area contributed by atoms with Gasteiger partial charge in [0, 0.05) is 12.6 Å². The molecule has 0 aromatic carbocycles. The van der Waals surface area contributed by atoms with Crippen molar-refractivity contribution in [2.45, 2.75) is 45.6 Å². The van der Waals surface area contributed by atoms with Gasteiger partial charge >= 0.3 is 0 Å². The van der Waals surface area contributed by atoms with Gasteiger partial charge in [-0.1, -0.05) is 19.8 Å². The highest BCUT2D eigenvalue weighted by Crippen LogP contribution is 2.61. The van der Waals surface area contributed by atoms with E-state index in [-0.39, 0.29) is 0 Å². The summed E-state index contributed by atoms with van der Waals surface area (Å²) in [5.74, 6) is 1.08. The molecular formula is C11H21N. The van der Waals surface area contributed by atoms with Crippen molar-refractivity contribution in [3.8, 4) is 0 Å². The van der Waals surface area contributed by atoms with Gasteiger partial charge in [-0.15, -0.1) is 0 Å². The maximum atomic E-state index is 2.54.